The van der Waals surface area contributed by atoms with Crippen LogP contribution in [0.25, 0.3) is 0 Å². The van der Waals surface area contributed by atoms with Crippen molar-refractivity contribution in [1.82, 2.24) is 9.55 Å². The predicted octanol–water partition coefficient (Wildman–Crippen LogP) is 4.45. The Morgan fingerprint density at radius 3 is 2.63 bits per heavy atom. The lowest BCUT2D eigenvalue weighted by molar-refractivity contribution is 0.475. The number of phenols is 1. The van der Waals surface area contributed by atoms with Gasteiger partial charge in [0.1, 0.15) is 11.6 Å². The Bertz CT molecular complexity index is 1070. The number of benzene rings is 2. The molecule has 0 amide bonds. The van der Waals surface area contributed by atoms with Gasteiger partial charge in [0.25, 0.3) is 0 Å². The first-order chi connectivity index (χ1) is 13.1. The Labute approximate surface area is 163 Å². The van der Waals surface area contributed by atoms with Crippen LogP contribution in [0.2, 0.25) is 5.02 Å². The topological polar surface area (TPSA) is 61.8 Å². The fourth-order valence-electron chi connectivity index (χ4n) is 2.81. The van der Waals surface area contributed by atoms with E-state index in [1.807, 2.05) is 25.3 Å². The fraction of sp³-hybridized carbons (Fsp3) is 0.182. The molecule has 1 N–H and O–H groups in total. The minimum absolute atomic E-state index is 0.111. The monoisotopic (exact) mass is 375 g/mol. The number of imidazole rings is 1. The van der Waals surface area contributed by atoms with Gasteiger partial charge in [0.2, 0.25) is 0 Å². The molecule has 0 saturated carbocycles. The molecule has 0 aliphatic carbocycles. The molecule has 3 rings (SSSR count). The molecule has 1 heterocycles. The molecule has 2 aromatic carbocycles. The third-order valence-electron chi connectivity index (χ3n) is 4.29. The van der Waals surface area contributed by atoms with Crippen molar-refractivity contribution < 1.29 is 5.11 Å². The van der Waals surface area contributed by atoms with E-state index in [1.54, 1.807) is 24.4 Å². The van der Waals surface area contributed by atoms with Gasteiger partial charge in [-0.1, -0.05) is 23.4 Å². The maximum atomic E-state index is 9.45. The molecular formula is C22H18ClN3O. The van der Waals surface area contributed by atoms with Crippen LogP contribution < -0.4 is 0 Å². The largest absolute Gasteiger partial charge is 0.508 e. The van der Waals surface area contributed by atoms with Crippen molar-refractivity contribution in [1.29, 1.82) is 5.26 Å². The summed E-state index contributed by atoms with van der Waals surface area (Å²) >= 11 is 6.12. The molecule has 0 aliphatic rings. The van der Waals surface area contributed by atoms with Crippen molar-refractivity contribution in [2.24, 2.45) is 0 Å². The molecule has 0 radical (unpaired) electrons. The van der Waals surface area contributed by atoms with Crippen LogP contribution in [-0.2, 0) is 13.0 Å². The second-order valence-corrected chi connectivity index (χ2v) is 6.58. The molecule has 0 atom stereocenters. The summed E-state index contributed by atoms with van der Waals surface area (Å²) in [7, 11) is 0. The van der Waals surface area contributed by atoms with Crippen molar-refractivity contribution in [2.45, 2.75) is 26.3 Å². The van der Waals surface area contributed by atoms with E-state index in [9.17, 15) is 10.4 Å². The highest BCUT2D eigenvalue weighted by Gasteiger charge is 2.05. The van der Waals surface area contributed by atoms with E-state index in [0.29, 0.717) is 16.1 Å². The predicted molar refractivity (Wildman–Crippen MR) is 106 cm³/mol. The molecule has 0 spiro atoms. The molecule has 5 heteroatoms. The minimum Gasteiger partial charge on any atom is -0.508 e. The van der Waals surface area contributed by atoms with Gasteiger partial charge in [-0.2, -0.15) is 5.26 Å². The summed E-state index contributed by atoms with van der Waals surface area (Å²) in [6, 6.07) is 12.4. The molecule has 0 unspecified atom stereocenters. The van der Waals surface area contributed by atoms with Crippen LogP contribution in [0.15, 0.2) is 48.8 Å². The summed E-state index contributed by atoms with van der Waals surface area (Å²) in [5.41, 5.74) is 3.19. The summed E-state index contributed by atoms with van der Waals surface area (Å²) in [4.78, 5) is 4.23. The van der Waals surface area contributed by atoms with Gasteiger partial charge in [-0.05, 0) is 61.7 Å². The molecule has 0 saturated heterocycles. The summed E-state index contributed by atoms with van der Waals surface area (Å²) < 4.78 is 2.11. The van der Waals surface area contributed by atoms with Gasteiger partial charge in [-0.15, -0.1) is 0 Å². The third-order valence-corrected chi connectivity index (χ3v) is 4.60. The Hall–Kier alpha value is -3.21. The zero-order chi connectivity index (χ0) is 19.2. The van der Waals surface area contributed by atoms with E-state index in [-0.39, 0.29) is 5.75 Å². The van der Waals surface area contributed by atoms with Crippen molar-refractivity contribution in [2.75, 3.05) is 0 Å². The number of hydrogen-bond acceptors (Lipinski definition) is 3. The summed E-state index contributed by atoms with van der Waals surface area (Å²) in [5, 5.41) is 19.1. The van der Waals surface area contributed by atoms with Crippen LogP contribution in [-0.4, -0.2) is 14.7 Å². The Morgan fingerprint density at radius 2 is 1.93 bits per heavy atom. The molecule has 4 nitrogen and oxygen atoms in total. The van der Waals surface area contributed by atoms with Gasteiger partial charge in [-0.3, -0.25) is 0 Å². The fourth-order valence-corrected chi connectivity index (χ4v) is 3.03. The highest BCUT2D eigenvalue weighted by Crippen LogP contribution is 2.21. The number of nitrogens with zero attached hydrogens (tertiary/aromatic N) is 3. The number of rotatable bonds is 4. The SMILES string of the molecule is Cc1nccn1CCCc1cc(C#N)ccc1C#Cc1ccc(O)cc1Cl. The van der Waals surface area contributed by atoms with Crippen LogP contribution >= 0.6 is 11.6 Å². The van der Waals surface area contributed by atoms with Gasteiger partial charge in [-0.25, -0.2) is 4.98 Å². The molecule has 1 aromatic heterocycles. The number of phenolic OH excluding ortho intramolecular Hbond substituents is 1. The molecule has 0 fully saturated rings. The van der Waals surface area contributed by atoms with Crippen LogP contribution in [0.3, 0.4) is 0 Å². The zero-order valence-corrected chi connectivity index (χ0v) is 15.7. The van der Waals surface area contributed by atoms with Gasteiger partial charge in [0.15, 0.2) is 0 Å². The maximum absolute atomic E-state index is 9.45. The van der Waals surface area contributed by atoms with Crippen LogP contribution in [0, 0.1) is 30.1 Å². The highest BCUT2D eigenvalue weighted by atomic mass is 35.5. The van der Waals surface area contributed by atoms with Crippen LogP contribution in [0.5, 0.6) is 5.75 Å². The number of nitriles is 1. The number of aryl methyl sites for hydroxylation is 3. The lowest BCUT2D eigenvalue weighted by Gasteiger charge is -2.07. The van der Waals surface area contributed by atoms with Crippen LogP contribution in [0.1, 0.15) is 34.5 Å². The molecule has 134 valence electrons. The standard InChI is InChI=1S/C22H18ClN3O/c1-16-25-10-12-26(16)11-2-3-20-13-17(15-24)4-5-18(20)6-7-19-8-9-21(27)14-22(19)23/h4-5,8-10,12-14,27H,2-3,11H2,1H3. The van der Waals surface area contributed by atoms with E-state index in [2.05, 4.69) is 27.5 Å². The summed E-state index contributed by atoms with van der Waals surface area (Å²) in [6.07, 6.45) is 5.49. The maximum Gasteiger partial charge on any atom is 0.117 e. The van der Waals surface area contributed by atoms with Crippen molar-refractivity contribution >= 4 is 11.6 Å². The molecule has 3 aromatic rings. The average molecular weight is 376 g/mol. The average Bonchev–Trinajstić information content (AvgIpc) is 3.06. The Kier molecular flexibility index (Phi) is 5.81. The number of hydrogen-bond donors (Lipinski definition) is 1. The quantitative estimate of drug-likeness (QED) is 0.685. The lowest BCUT2D eigenvalue weighted by atomic mass is 10.00. The Balaban J connectivity index is 1.82. The van der Waals surface area contributed by atoms with Crippen molar-refractivity contribution in [3.05, 3.63) is 81.9 Å². The zero-order valence-electron chi connectivity index (χ0n) is 14.9. The van der Waals surface area contributed by atoms with Gasteiger partial charge in [0, 0.05) is 30.1 Å². The van der Waals surface area contributed by atoms with E-state index < -0.39 is 0 Å². The third kappa shape index (κ3) is 4.70. The smallest absolute Gasteiger partial charge is 0.117 e. The van der Waals surface area contributed by atoms with Crippen molar-refractivity contribution in [3.8, 4) is 23.7 Å². The number of halogens is 1. The lowest BCUT2D eigenvalue weighted by Crippen LogP contribution is -2.02. The van der Waals surface area contributed by atoms with E-state index in [4.69, 9.17) is 11.6 Å². The summed E-state index contributed by atoms with van der Waals surface area (Å²) in [5.74, 6) is 7.31. The number of aromatic nitrogens is 2. The second-order valence-electron chi connectivity index (χ2n) is 6.17. The first kappa shape index (κ1) is 18.6. The van der Waals surface area contributed by atoms with E-state index in [0.717, 1.165) is 36.3 Å². The van der Waals surface area contributed by atoms with Gasteiger partial charge >= 0.3 is 0 Å². The van der Waals surface area contributed by atoms with Gasteiger partial charge < -0.3 is 9.67 Å². The molecule has 0 bridgehead atoms. The first-order valence-electron chi connectivity index (χ1n) is 8.58. The molecule has 0 aliphatic heterocycles. The minimum atomic E-state index is 0.111. The Morgan fingerprint density at radius 1 is 1.15 bits per heavy atom. The van der Waals surface area contributed by atoms with Crippen molar-refractivity contribution in [3.63, 3.8) is 0 Å². The molecule has 27 heavy (non-hydrogen) atoms. The number of aromatic hydroxyl groups is 1. The van der Waals surface area contributed by atoms with E-state index in [1.165, 1.54) is 6.07 Å². The van der Waals surface area contributed by atoms with E-state index >= 15 is 0 Å². The normalized spacial score (nSPS) is 10.1. The highest BCUT2D eigenvalue weighted by molar-refractivity contribution is 6.31. The molecular weight excluding hydrogens is 358 g/mol. The van der Waals surface area contributed by atoms with Crippen LogP contribution in [0.4, 0.5) is 0 Å². The van der Waals surface area contributed by atoms with Gasteiger partial charge in [0.05, 0.1) is 16.7 Å². The summed E-state index contributed by atoms with van der Waals surface area (Å²) in [6.45, 7) is 2.84. The first-order valence-corrected chi connectivity index (χ1v) is 8.96. The second kappa shape index (κ2) is 8.45.